The summed E-state index contributed by atoms with van der Waals surface area (Å²) in [5, 5.41) is 0. The molecule has 1 aliphatic heterocycles. The molecule has 1 amide bonds. The number of carbonyl (C=O) groups is 2. The van der Waals surface area contributed by atoms with E-state index in [0.29, 0.717) is 19.5 Å². The van der Waals surface area contributed by atoms with Gasteiger partial charge in [0.05, 0.1) is 11.0 Å². The summed E-state index contributed by atoms with van der Waals surface area (Å²) in [5.41, 5.74) is 4.31. The van der Waals surface area contributed by atoms with Gasteiger partial charge in [0.1, 0.15) is 0 Å². The molecule has 0 N–H and O–H groups in total. The van der Waals surface area contributed by atoms with Crippen LogP contribution in [-0.4, -0.2) is 46.8 Å². The number of hydrogen-bond acceptors (Lipinski definition) is 6. The van der Waals surface area contributed by atoms with Gasteiger partial charge in [-0.2, -0.15) is 0 Å². The molecule has 0 spiro atoms. The minimum atomic E-state index is -0.416. The van der Waals surface area contributed by atoms with Crippen molar-refractivity contribution in [2.24, 2.45) is 0 Å². The fraction of sp³-hybridized carbons (Fsp3) is 0.655. The number of benzene rings is 1. The van der Waals surface area contributed by atoms with E-state index >= 15 is 0 Å². The van der Waals surface area contributed by atoms with Gasteiger partial charge < -0.3 is 14.4 Å². The topological polar surface area (TPSA) is 81.6 Å². The first-order valence-electron chi connectivity index (χ1n) is 14.0. The van der Waals surface area contributed by atoms with E-state index in [1.54, 1.807) is 17.3 Å². The van der Waals surface area contributed by atoms with Crippen LogP contribution < -0.4 is 0 Å². The van der Waals surface area contributed by atoms with Crippen molar-refractivity contribution >= 4 is 23.1 Å². The summed E-state index contributed by atoms with van der Waals surface area (Å²) in [6.07, 6.45) is 18.0. The second kappa shape index (κ2) is 13.6. The number of rotatable bonds is 14. The Bertz CT molecular complexity index is 961. The van der Waals surface area contributed by atoms with Gasteiger partial charge in [0.2, 0.25) is 6.79 Å². The molecule has 2 aliphatic rings. The molecule has 1 aromatic carbocycles. The van der Waals surface area contributed by atoms with Crippen LogP contribution in [0.4, 0.5) is 4.79 Å². The number of carbonyl (C=O) groups excluding carboxylic acids is 2. The van der Waals surface area contributed by atoms with E-state index in [2.05, 4.69) is 29.0 Å². The predicted octanol–water partition coefficient (Wildman–Crippen LogP) is 6.85. The summed E-state index contributed by atoms with van der Waals surface area (Å²) in [6, 6.07) is 4.24. The van der Waals surface area contributed by atoms with E-state index in [0.717, 1.165) is 30.3 Å². The van der Waals surface area contributed by atoms with Crippen molar-refractivity contribution in [3.63, 3.8) is 0 Å². The monoisotopic (exact) mass is 495 g/mol. The molecule has 4 rings (SSSR count). The molecule has 0 saturated carbocycles. The van der Waals surface area contributed by atoms with Crippen molar-refractivity contribution in [3.8, 4) is 0 Å². The summed E-state index contributed by atoms with van der Waals surface area (Å²) in [7, 11) is 0. The molecule has 2 bridgehead atoms. The standard InChI is InChI=1S/C29H41N3O4/c1-2-3-4-5-6-7-8-9-10-11-12-13-28(33)35-21-36-29(34)32-19-22-16-23(20-32)25-18-27-26(17-24(22)25)30-14-15-31-27/h14-15,17-18,22-23H,2-13,16,19-21H2,1H3. The Morgan fingerprint density at radius 2 is 1.33 bits per heavy atom. The highest BCUT2D eigenvalue weighted by atomic mass is 16.7. The number of aromatic nitrogens is 2. The fourth-order valence-electron chi connectivity index (χ4n) is 5.69. The molecule has 7 heteroatoms. The predicted molar refractivity (Wildman–Crippen MR) is 140 cm³/mol. The van der Waals surface area contributed by atoms with Gasteiger partial charge in [0, 0.05) is 43.7 Å². The lowest BCUT2D eigenvalue weighted by molar-refractivity contribution is -0.152. The van der Waals surface area contributed by atoms with E-state index in [1.807, 2.05) is 0 Å². The van der Waals surface area contributed by atoms with Crippen LogP contribution in [0.3, 0.4) is 0 Å². The first-order chi connectivity index (χ1) is 17.7. The van der Waals surface area contributed by atoms with Crippen LogP contribution in [0.15, 0.2) is 24.5 Å². The third-order valence-electron chi connectivity index (χ3n) is 7.65. The number of fused-ring (bicyclic) bond motifs is 6. The van der Waals surface area contributed by atoms with Gasteiger partial charge in [-0.3, -0.25) is 14.8 Å². The number of esters is 1. The lowest BCUT2D eigenvalue weighted by atomic mass is 9.96. The van der Waals surface area contributed by atoms with Crippen molar-refractivity contribution in [2.75, 3.05) is 19.9 Å². The Morgan fingerprint density at radius 3 is 1.89 bits per heavy atom. The molecule has 2 aromatic rings. The maximum absolute atomic E-state index is 12.6. The average Bonchev–Trinajstić information content (AvgIpc) is 3.14. The van der Waals surface area contributed by atoms with Gasteiger partial charge in [0.15, 0.2) is 0 Å². The fourth-order valence-corrected chi connectivity index (χ4v) is 5.69. The number of ether oxygens (including phenoxy) is 2. The third-order valence-corrected chi connectivity index (χ3v) is 7.65. The van der Waals surface area contributed by atoms with E-state index in [1.165, 1.54) is 68.9 Å². The SMILES string of the molecule is CCCCCCCCCCCCCC(=O)OCOC(=O)N1CC2CC(C1)c1cc3nccnc3cc12. The average molecular weight is 496 g/mol. The molecular weight excluding hydrogens is 454 g/mol. The van der Waals surface area contributed by atoms with E-state index in [9.17, 15) is 9.59 Å². The first-order valence-corrected chi connectivity index (χ1v) is 14.0. The van der Waals surface area contributed by atoms with Crippen molar-refractivity contribution in [2.45, 2.75) is 102 Å². The highest BCUT2D eigenvalue weighted by Crippen LogP contribution is 2.46. The van der Waals surface area contributed by atoms with Crippen molar-refractivity contribution in [1.82, 2.24) is 14.9 Å². The molecule has 2 heterocycles. The Morgan fingerprint density at radius 1 is 0.806 bits per heavy atom. The van der Waals surface area contributed by atoms with Crippen LogP contribution in [0.2, 0.25) is 0 Å². The zero-order chi connectivity index (χ0) is 25.2. The largest absolute Gasteiger partial charge is 0.428 e. The quantitative estimate of drug-likeness (QED) is 0.162. The third kappa shape index (κ3) is 7.17. The van der Waals surface area contributed by atoms with Crippen LogP contribution in [-0.2, 0) is 14.3 Å². The normalized spacial score (nSPS) is 18.3. The van der Waals surface area contributed by atoms with Crippen molar-refractivity contribution in [3.05, 3.63) is 35.7 Å². The minimum absolute atomic E-state index is 0.279. The van der Waals surface area contributed by atoms with Crippen LogP contribution in [0, 0.1) is 0 Å². The number of unbranched alkanes of at least 4 members (excludes halogenated alkanes) is 10. The lowest BCUT2D eigenvalue weighted by Crippen LogP contribution is -2.40. The van der Waals surface area contributed by atoms with Gasteiger partial charge in [0.25, 0.3) is 0 Å². The van der Waals surface area contributed by atoms with E-state index in [-0.39, 0.29) is 24.6 Å². The maximum atomic E-state index is 12.6. The van der Waals surface area contributed by atoms with Crippen molar-refractivity contribution in [1.29, 1.82) is 0 Å². The van der Waals surface area contributed by atoms with Crippen molar-refractivity contribution < 1.29 is 19.1 Å². The highest BCUT2D eigenvalue weighted by Gasteiger charge is 2.40. The summed E-state index contributed by atoms with van der Waals surface area (Å²) in [5.74, 6) is 0.263. The molecule has 0 radical (unpaired) electrons. The molecule has 36 heavy (non-hydrogen) atoms. The summed E-state index contributed by atoms with van der Waals surface area (Å²) in [4.78, 5) is 35.2. The molecule has 2 unspecified atom stereocenters. The molecular formula is C29H41N3O4. The minimum Gasteiger partial charge on any atom is -0.428 e. The number of piperidine rings is 1. The smallest absolute Gasteiger partial charge is 0.412 e. The number of nitrogens with zero attached hydrogens (tertiary/aromatic N) is 3. The second-order valence-corrected chi connectivity index (χ2v) is 10.4. The molecule has 7 nitrogen and oxygen atoms in total. The Kier molecular flexibility index (Phi) is 9.93. The first kappa shape index (κ1) is 26.4. The molecule has 1 saturated heterocycles. The van der Waals surface area contributed by atoms with Gasteiger partial charge in [-0.1, -0.05) is 71.1 Å². The summed E-state index contributed by atoms with van der Waals surface area (Å²) < 4.78 is 10.4. The maximum Gasteiger partial charge on any atom is 0.412 e. The summed E-state index contributed by atoms with van der Waals surface area (Å²) >= 11 is 0. The molecule has 2 atom stereocenters. The van der Waals surface area contributed by atoms with E-state index in [4.69, 9.17) is 9.47 Å². The van der Waals surface area contributed by atoms with Crippen LogP contribution in [0.25, 0.3) is 11.0 Å². The van der Waals surface area contributed by atoms with Gasteiger partial charge in [-0.15, -0.1) is 0 Å². The number of likely N-dealkylation sites (tertiary alicyclic amines) is 1. The molecule has 1 fully saturated rings. The zero-order valence-electron chi connectivity index (χ0n) is 21.8. The lowest BCUT2D eigenvalue weighted by Gasteiger charge is -2.31. The van der Waals surface area contributed by atoms with Crippen LogP contribution in [0.1, 0.15) is 113 Å². The highest BCUT2D eigenvalue weighted by molar-refractivity contribution is 5.77. The Balaban J connectivity index is 1.07. The Labute approximate surface area is 215 Å². The Hall–Kier alpha value is -2.70. The second-order valence-electron chi connectivity index (χ2n) is 10.4. The van der Waals surface area contributed by atoms with Crippen LogP contribution >= 0.6 is 0 Å². The summed E-state index contributed by atoms with van der Waals surface area (Å²) in [6.45, 7) is 3.16. The van der Waals surface area contributed by atoms with E-state index < -0.39 is 6.09 Å². The van der Waals surface area contributed by atoms with Gasteiger partial charge in [-0.25, -0.2) is 4.79 Å². The van der Waals surface area contributed by atoms with Gasteiger partial charge >= 0.3 is 12.1 Å². The zero-order valence-corrected chi connectivity index (χ0v) is 21.8. The van der Waals surface area contributed by atoms with Gasteiger partial charge in [-0.05, 0) is 36.1 Å². The molecule has 1 aromatic heterocycles. The molecule has 196 valence electrons. The molecule has 1 aliphatic carbocycles. The number of amides is 1. The number of hydrogen-bond donors (Lipinski definition) is 0. The van der Waals surface area contributed by atoms with Crippen LogP contribution in [0.5, 0.6) is 0 Å².